The van der Waals surface area contributed by atoms with Gasteiger partial charge in [0.15, 0.2) is 0 Å². The van der Waals surface area contributed by atoms with Gasteiger partial charge in [-0.15, -0.1) is 11.3 Å². The fraction of sp³-hybridized carbons (Fsp3) is 0.765. The Labute approximate surface area is 141 Å². The number of hydrogen-bond donors (Lipinski definition) is 1. The van der Waals surface area contributed by atoms with Gasteiger partial charge in [0.2, 0.25) is 5.91 Å². The lowest BCUT2D eigenvalue weighted by molar-refractivity contribution is -0.123. The van der Waals surface area contributed by atoms with E-state index in [1.807, 2.05) is 6.92 Å². The lowest BCUT2D eigenvalue weighted by Crippen LogP contribution is -2.38. The molecule has 0 spiro atoms. The molecule has 2 atom stereocenters. The summed E-state index contributed by atoms with van der Waals surface area (Å²) in [5, 5.41) is 6.41. The Morgan fingerprint density at radius 1 is 1.57 bits per heavy atom. The van der Waals surface area contributed by atoms with Crippen molar-refractivity contribution in [3.63, 3.8) is 0 Å². The summed E-state index contributed by atoms with van der Waals surface area (Å²) in [7, 11) is 0. The second-order valence-electron chi connectivity index (χ2n) is 7.55. The standard InChI is InChI=1S/C17H25N3O2S/c1-12-9-23-16(19-12)7-20-6-14-8-22-11-17(14,10-20)4-15(21)18-5-13-2-3-13/h9,13-14H,2-8,10-11H2,1H3,(H,18,21)/t14-,17+/m1/s1. The first-order valence-corrected chi connectivity index (χ1v) is 9.49. The number of nitrogens with zero attached hydrogens (tertiary/aromatic N) is 2. The Balaban J connectivity index is 1.36. The predicted octanol–water partition coefficient (Wildman–Crippen LogP) is 1.82. The van der Waals surface area contributed by atoms with E-state index in [1.165, 1.54) is 17.8 Å². The molecule has 5 nitrogen and oxygen atoms in total. The van der Waals surface area contributed by atoms with E-state index in [-0.39, 0.29) is 11.3 Å². The Bertz CT molecular complexity index is 586. The maximum absolute atomic E-state index is 12.3. The van der Waals surface area contributed by atoms with Crippen molar-refractivity contribution in [2.45, 2.75) is 32.7 Å². The highest BCUT2D eigenvalue weighted by Gasteiger charge is 2.51. The van der Waals surface area contributed by atoms with Crippen molar-refractivity contribution in [1.82, 2.24) is 15.2 Å². The molecule has 3 heterocycles. The lowest BCUT2D eigenvalue weighted by Gasteiger charge is -2.26. The first-order chi connectivity index (χ1) is 11.1. The van der Waals surface area contributed by atoms with E-state index in [1.54, 1.807) is 11.3 Å². The quantitative estimate of drug-likeness (QED) is 0.861. The number of thiazole rings is 1. The van der Waals surface area contributed by atoms with Gasteiger partial charge < -0.3 is 10.1 Å². The van der Waals surface area contributed by atoms with Gasteiger partial charge in [-0.3, -0.25) is 9.69 Å². The van der Waals surface area contributed by atoms with E-state index in [2.05, 4.69) is 20.6 Å². The predicted molar refractivity (Wildman–Crippen MR) is 89.2 cm³/mol. The van der Waals surface area contributed by atoms with Crippen LogP contribution in [0.4, 0.5) is 0 Å². The molecule has 3 aliphatic rings. The summed E-state index contributed by atoms with van der Waals surface area (Å²) < 4.78 is 5.74. The van der Waals surface area contributed by atoms with Crippen LogP contribution in [0.25, 0.3) is 0 Å². The van der Waals surface area contributed by atoms with E-state index < -0.39 is 0 Å². The van der Waals surface area contributed by atoms with E-state index >= 15 is 0 Å². The lowest BCUT2D eigenvalue weighted by atomic mass is 9.78. The van der Waals surface area contributed by atoms with Gasteiger partial charge in [0, 0.05) is 48.5 Å². The molecule has 23 heavy (non-hydrogen) atoms. The number of rotatable bonds is 6. The minimum Gasteiger partial charge on any atom is -0.380 e. The fourth-order valence-corrected chi connectivity index (χ4v) is 4.76. The molecule has 6 heteroatoms. The van der Waals surface area contributed by atoms with E-state index in [9.17, 15) is 4.79 Å². The molecule has 1 aromatic rings. The Morgan fingerprint density at radius 3 is 3.17 bits per heavy atom. The second-order valence-corrected chi connectivity index (χ2v) is 8.49. The zero-order chi connectivity index (χ0) is 15.9. The van der Waals surface area contributed by atoms with Crippen molar-refractivity contribution in [3.8, 4) is 0 Å². The van der Waals surface area contributed by atoms with Crippen LogP contribution >= 0.6 is 11.3 Å². The second kappa shape index (κ2) is 6.15. The molecule has 0 aromatic carbocycles. The van der Waals surface area contributed by atoms with Crippen LogP contribution in [0.1, 0.15) is 30.0 Å². The van der Waals surface area contributed by atoms with Crippen molar-refractivity contribution >= 4 is 17.2 Å². The minimum absolute atomic E-state index is 0.0138. The number of aryl methyl sites for hydroxylation is 1. The van der Waals surface area contributed by atoms with Crippen molar-refractivity contribution < 1.29 is 9.53 Å². The zero-order valence-electron chi connectivity index (χ0n) is 13.7. The molecule has 3 fully saturated rings. The van der Waals surface area contributed by atoms with Gasteiger partial charge in [-0.05, 0) is 25.7 Å². The third-order valence-electron chi connectivity index (χ3n) is 5.41. The Hall–Kier alpha value is -0.980. The number of likely N-dealkylation sites (tertiary alicyclic amines) is 1. The van der Waals surface area contributed by atoms with E-state index in [0.717, 1.165) is 51.0 Å². The van der Waals surface area contributed by atoms with Crippen LogP contribution in [-0.2, 0) is 16.1 Å². The maximum Gasteiger partial charge on any atom is 0.220 e. The van der Waals surface area contributed by atoms with Crippen LogP contribution in [0.3, 0.4) is 0 Å². The average molecular weight is 335 g/mol. The number of carbonyl (C=O) groups is 1. The Kier molecular flexibility index (Phi) is 4.15. The van der Waals surface area contributed by atoms with Crippen LogP contribution in [0.2, 0.25) is 0 Å². The molecular weight excluding hydrogens is 310 g/mol. The van der Waals surface area contributed by atoms with Gasteiger partial charge in [-0.2, -0.15) is 0 Å². The number of amides is 1. The van der Waals surface area contributed by atoms with Gasteiger partial charge in [-0.25, -0.2) is 4.98 Å². The molecule has 2 saturated heterocycles. The molecule has 1 saturated carbocycles. The molecule has 0 bridgehead atoms. The topological polar surface area (TPSA) is 54.5 Å². The largest absolute Gasteiger partial charge is 0.380 e. The third kappa shape index (κ3) is 3.44. The maximum atomic E-state index is 12.3. The molecule has 1 N–H and O–H groups in total. The van der Waals surface area contributed by atoms with Crippen LogP contribution in [0, 0.1) is 24.2 Å². The highest BCUT2D eigenvalue weighted by atomic mass is 32.1. The summed E-state index contributed by atoms with van der Waals surface area (Å²) >= 11 is 1.73. The third-order valence-corrected chi connectivity index (χ3v) is 6.37. The molecular formula is C17H25N3O2S. The number of hydrogen-bond acceptors (Lipinski definition) is 5. The van der Waals surface area contributed by atoms with Gasteiger partial charge in [0.05, 0.1) is 19.8 Å². The number of nitrogens with one attached hydrogen (secondary N) is 1. The van der Waals surface area contributed by atoms with Gasteiger partial charge >= 0.3 is 0 Å². The number of aromatic nitrogens is 1. The summed E-state index contributed by atoms with van der Waals surface area (Å²) in [6.07, 6.45) is 3.16. The van der Waals surface area contributed by atoms with Crippen molar-refractivity contribution in [2.24, 2.45) is 17.3 Å². The number of carbonyl (C=O) groups excluding carboxylic acids is 1. The van der Waals surface area contributed by atoms with E-state index in [4.69, 9.17) is 4.74 Å². The monoisotopic (exact) mass is 335 g/mol. The van der Waals surface area contributed by atoms with Crippen molar-refractivity contribution in [3.05, 3.63) is 16.1 Å². The van der Waals surface area contributed by atoms with Crippen LogP contribution in [-0.4, -0.2) is 48.6 Å². The highest BCUT2D eigenvalue weighted by molar-refractivity contribution is 7.09. The summed E-state index contributed by atoms with van der Waals surface area (Å²) in [6, 6.07) is 0. The molecule has 1 aromatic heterocycles. The summed E-state index contributed by atoms with van der Waals surface area (Å²) in [5.74, 6) is 1.43. The minimum atomic E-state index is 0.0138. The van der Waals surface area contributed by atoms with Crippen LogP contribution in [0.15, 0.2) is 5.38 Å². The molecule has 0 unspecified atom stereocenters. The molecule has 1 aliphatic carbocycles. The zero-order valence-corrected chi connectivity index (χ0v) is 14.5. The van der Waals surface area contributed by atoms with E-state index in [0.29, 0.717) is 12.3 Å². The molecule has 4 rings (SSSR count). The molecule has 0 radical (unpaired) electrons. The first kappa shape index (κ1) is 15.5. The Morgan fingerprint density at radius 2 is 2.43 bits per heavy atom. The normalized spacial score (nSPS) is 30.6. The van der Waals surface area contributed by atoms with Crippen molar-refractivity contribution in [2.75, 3.05) is 32.8 Å². The SMILES string of the molecule is Cc1csc(CN2C[C@@H]3COC[C@]3(CC(=O)NCC3CC3)C2)n1. The summed E-state index contributed by atoms with van der Waals surface area (Å²) in [4.78, 5) is 19.4. The first-order valence-electron chi connectivity index (χ1n) is 8.61. The number of fused-ring (bicyclic) bond motifs is 1. The van der Waals surface area contributed by atoms with Crippen molar-refractivity contribution in [1.29, 1.82) is 0 Å². The fourth-order valence-electron chi connectivity index (χ4n) is 3.94. The van der Waals surface area contributed by atoms with Crippen LogP contribution < -0.4 is 5.32 Å². The highest BCUT2D eigenvalue weighted by Crippen LogP contribution is 2.44. The summed E-state index contributed by atoms with van der Waals surface area (Å²) in [5.41, 5.74) is 1.11. The summed E-state index contributed by atoms with van der Waals surface area (Å²) in [6.45, 7) is 7.30. The molecule has 1 amide bonds. The average Bonchev–Trinajstić information content (AvgIpc) is 3.01. The van der Waals surface area contributed by atoms with Gasteiger partial charge in [0.25, 0.3) is 0 Å². The van der Waals surface area contributed by atoms with Gasteiger partial charge in [-0.1, -0.05) is 0 Å². The number of ether oxygens (including phenoxy) is 1. The molecule has 126 valence electrons. The van der Waals surface area contributed by atoms with Crippen LogP contribution in [0.5, 0.6) is 0 Å². The smallest absolute Gasteiger partial charge is 0.220 e. The van der Waals surface area contributed by atoms with Gasteiger partial charge in [0.1, 0.15) is 5.01 Å². The molecule has 2 aliphatic heterocycles.